The van der Waals surface area contributed by atoms with Crippen LogP contribution in [-0.2, 0) is 15.1 Å². The summed E-state index contributed by atoms with van der Waals surface area (Å²) in [6.07, 6.45) is 3.72. The molecule has 1 unspecified atom stereocenters. The highest BCUT2D eigenvalue weighted by molar-refractivity contribution is 5.83. The van der Waals surface area contributed by atoms with Gasteiger partial charge in [-0.15, -0.1) is 0 Å². The van der Waals surface area contributed by atoms with Crippen molar-refractivity contribution in [2.24, 2.45) is 0 Å². The Hall–Kier alpha value is -1.39. The standard InChI is InChI=1S/C17H26N2O2/c1-4-18-17(16(20)21-3,14-9-6-5-7-10-14)13-19(2)15-11-8-12-15/h5-7,9-10,15,18H,4,8,11-13H2,1-3H3. The average Bonchev–Trinajstić information content (AvgIpc) is 2.44. The Balaban J connectivity index is 2.32. The van der Waals surface area contributed by atoms with E-state index >= 15 is 0 Å². The molecule has 21 heavy (non-hydrogen) atoms. The third-order valence-electron chi connectivity index (χ3n) is 4.46. The van der Waals surface area contributed by atoms with Crippen molar-refractivity contribution in [1.29, 1.82) is 0 Å². The van der Waals surface area contributed by atoms with Gasteiger partial charge in [-0.25, -0.2) is 4.79 Å². The predicted molar refractivity (Wildman–Crippen MR) is 84.1 cm³/mol. The normalized spacial score (nSPS) is 18.1. The van der Waals surface area contributed by atoms with Crippen LogP contribution in [0.2, 0.25) is 0 Å². The van der Waals surface area contributed by atoms with Crippen molar-refractivity contribution in [2.75, 3.05) is 27.2 Å². The van der Waals surface area contributed by atoms with E-state index in [4.69, 9.17) is 4.74 Å². The number of carbonyl (C=O) groups is 1. The molecular formula is C17H26N2O2. The number of carbonyl (C=O) groups excluding carboxylic acids is 1. The summed E-state index contributed by atoms with van der Waals surface area (Å²) in [6.45, 7) is 3.36. The third-order valence-corrected chi connectivity index (χ3v) is 4.46. The number of likely N-dealkylation sites (N-methyl/N-ethyl adjacent to an activating group) is 2. The monoisotopic (exact) mass is 290 g/mol. The van der Waals surface area contributed by atoms with Crippen LogP contribution in [0.5, 0.6) is 0 Å². The van der Waals surface area contributed by atoms with E-state index in [0.29, 0.717) is 19.1 Å². The molecule has 1 aromatic carbocycles. The molecule has 1 aromatic rings. The summed E-state index contributed by atoms with van der Waals surface area (Å²) in [7, 11) is 3.56. The maximum atomic E-state index is 12.6. The Bertz CT molecular complexity index is 459. The summed E-state index contributed by atoms with van der Waals surface area (Å²) < 4.78 is 5.13. The van der Waals surface area contributed by atoms with Crippen molar-refractivity contribution in [3.8, 4) is 0 Å². The van der Waals surface area contributed by atoms with Crippen LogP contribution in [0.3, 0.4) is 0 Å². The van der Waals surface area contributed by atoms with E-state index in [1.807, 2.05) is 37.3 Å². The van der Waals surface area contributed by atoms with E-state index in [1.165, 1.54) is 26.4 Å². The first-order chi connectivity index (χ1) is 10.1. The second-order valence-electron chi connectivity index (χ2n) is 5.79. The number of hydrogen-bond donors (Lipinski definition) is 1. The van der Waals surface area contributed by atoms with E-state index in [1.54, 1.807) is 0 Å². The molecule has 0 spiro atoms. The first kappa shape index (κ1) is 16.0. The second kappa shape index (κ2) is 7.05. The Labute approximate surface area is 127 Å². The van der Waals surface area contributed by atoms with Gasteiger partial charge in [-0.3, -0.25) is 5.32 Å². The molecule has 116 valence electrons. The van der Waals surface area contributed by atoms with E-state index in [-0.39, 0.29) is 5.97 Å². The largest absolute Gasteiger partial charge is 0.467 e. The zero-order valence-corrected chi connectivity index (χ0v) is 13.3. The fourth-order valence-corrected chi connectivity index (χ4v) is 3.03. The zero-order chi connectivity index (χ0) is 15.3. The van der Waals surface area contributed by atoms with Crippen molar-refractivity contribution in [2.45, 2.75) is 37.8 Å². The molecule has 0 aromatic heterocycles. The Morgan fingerprint density at radius 2 is 2.05 bits per heavy atom. The van der Waals surface area contributed by atoms with Gasteiger partial charge in [-0.1, -0.05) is 43.7 Å². The molecule has 0 saturated heterocycles. The highest BCUT2D eigenvalue weighted by Gasteiger charge is 2.43. The van der Waals surface area contributed by atoms with Crippen molar-refractivity contribution in [1.82, 2.24) is 10.2 Å². The van der Waals surface area contributed by atoms with E-state index < -0.39 is 5.54 Å². The number of rotatable bonds is 7. The first-order valence-electron chi connectivity index (χ1n) is 7.73. The van der Waals surface area contributed by atoms with E-state index in [0.717, 1.165) is 5.56 Å². The van der Waals surface area contributed by atoms with Crippen molar-refractivity contribution in [3.63, 3.8) is 0 Å². The van der Waals surface area contributed by atoms with Crippen LogP contribution >= 0.6 is 0 Å². The minimum absolute atomic E-state index is 0.221. The van der Waals surface area contributed by atoms with Gasteiger partial charge in [0.05, 0.1) is 7.11 Å². The molecule has 1 atom stereocenters. The Kier molecular flexibility index (Phi) is 5.37. The molecule has 1 N–H and O–H groups in total. The molecule has 0 amide bonds. The highest BCUT2D eigenvalue weighted by atomic mass is 16.5. The molecule has 1 aliphatic rings. The predicted octanol–water partition coefficient (Wildman–Crippen LogP) is 2.15. The topological polar surface area (TPSA) is 41.6 Å². The molecule has 0 radical (unpaired) electrons. The van der Waals surface area contributed by atoms with E-state index in [2.05, 4.69) is 17.3 Å². The average molecular weight is 290 g/mol. The summed E-state index contributed by atoms with van der Waals surface area (Å²) in [4.78, 5) is 14.9. The lowest BCUT2D eigenvalue weighted by Crippen LogP contribution is -2.58. The molecule has 2 rings (SSSR count). The number of ether oxygens (including phenoxy) is 1. The minimum Gasteiger partial charge on any atom is -0.467 e. The van der Waals surface area contributed by atoms with Gasteiger partial charge in [0, 0.05) is 12.6 Å². The van der Waals surface area contributed by atoms with Crippen molar-refractivity contribution >= 4 is 5.97 Å². The van der Waals surface area contributed by atoms with Gasteiger partial charge in [0.2, 0.25) is 0 Å². The number of benzene rings is 1. The number of hydrogen-bond acceptors (Lipinski definition) is 4. The van der Waals surface area contributed by atoms with Crippen LogP contribution in [0.25, 0.3) is 0 Å². The molecule has 1 fully saturated rings. The SMILES string of the molecule is CCNC(CN(C)C1CCC1)(C(=O)OC)c1ccccc1. The highest BCUT2D eigenvalue weighted by Crippen LogP contribution is 2.29. The first-order valence-corrected chi connectivity index (χ1v) is 7.73. The zero-order valence-electron chi connectivity index (χ0n) is 13.3. The lowest BCUT2D eigenvalue weighted by molar-refractivity contribution is -0.150. The number of nitrogens with one attached hydrogen (secondary N) is 1. The van der Waals surface area contributed by atoms with Gasteiger partial charge in [-0.2, -0.15) is 0 Å². The molecule has 0 aliphatic heterocycles. The summed E-state index contributed by atoms with van der Waals surface area (Å²) in [6, 6.07) is 10.5. The van der Waals surface area contributed by atoms with Crippen molar-refractivity contribution in [3.05, 3.63) is 35.9 Å². The molecular weight excluding hydrogens is 264 g/mol. The number of esters is 1. The minimum atomic E-state index is -0.797. The van der Waals surface area contributed by atoms with Crippen LogP contribution in [0.4, 0.5) is 0 Å². The van der Waals surface area contributed by atoms with Crippen LogP contribution < -0.4 is 5.32 Å². The lowest BCUT2D eigenvalue weighted by atomic mass is 9.86. The smallest absolute Gasteiger partial charge is 0.332 e. The third kappa shape index (κ3) is 3.27. The molecule has 4 heteroatoms. The van der Waals surface area contributed by atoms with Gasteiger partial charge in [0.15, 0.2) is 5.54 Å². The number of nitrogens with zero attached hydrogens (tertiary/aromatic N) is 1. The van der Waals surface area contributed by atoms with Gasteiger partial charge < -0.3 is 9.64 Å². The van der Waals surface area contributed by atoms with Gasteiger partial charge in [-0.05, 0) is 32.0 Å². The Morgan fingerprint density at radius 3 is 2.52 bits per heavy atom. The quantitative estimate of drug-likeness (QED) is 0.781. The molecule has 1 aliphatic carbocycles. The molecule has 0 heterocycles. The summed E-state index contributed by atoms with van der Waals surface area (Å²) in [5, 5.41) is 3.38. The lowest BCUT2D eigenvalue weighted by Gasteiger charge is -2.41. The van der Waals surface area contributed by atoms with Gasteiger partial charge in [0.25, 0.3) is 0 Å². The maximum absolute atomic E-state index is 12.6. The van der Waals surface area contributed by atoms with Crippen LogP contribution in [-0.4, -0.2) is 44.2 Å². The number of methoxy groups -OCH3 is 1. The molecule has 0 bridgehead atoms. The maximum Gasteiger partial charge on any atom is 0.332 e. The Morgan fingerprint density at radius 1 is 1.38 bits per heavy atom. The summed E-state index contributed by atoms with van der Waals surface area (Å²) in [5.41, 5.74) is 0.166. The molecule has 1 saturated carbocycles. The molecule has 4 nitrogen and oxygen atoms in total. The van der Waals surface area contributed by atoms with Crippen LogP contribution in [0.15, 0.2) is 30.3 Å². The summed E-state index contributed by atoms with van der Waals surface area (Å²) >= 11 is 0. The fraction of sp³-hybridized carbons (Fsp3) is 0.588. The fourth-order valence-electron chi connectivity index (χ4n) is 3.03. The second-order valence-corrected chi connectivity index (χ2v) is 5.79. The van der Waals surface area contributed by atoms with Crippen LogP contribution in [0, 0.1) is 0 Å². The van der Waals surface area contributed by atoms with E-state index in [9.17, 15) is 4.79 Å². The van der Waals surface area contributed by atoms with Crippen molar-refractivity contribution < 1.29 is 9.53 Å². The van der Waals surface area contributed by atoms with Crippen LogP contribution in [0.1, 0.15) is 31.7 Å². The van der Waals surface area contributed by atoms with Gasteiger partial charge >= 0.3 is 5.97 Å². The van der Waals surface area contributed by atoms with Gasteiger partial charge in [0.1, 0.15) is 0 Å². The summed E-state index contributed by atoms with van der Waals surface area (Å²) in [5.74, 6) is -0.221.